The maximum Gasteiger partial charge on any atom is 0.305 e. The molecule has 3 aromatic carbocycles. The number of carboxylic acids is 1. The number of aliphatic hydroxyl groups is 2. The van der Waals surface area contributed by atoms with Gasteiger partial charge in [0.2, 0.25) is 10.0 Å². The van der Waals surface area contributed by atoms with E-state index in [0.29, 0.717) is 39.2 Å². The van der Waals surface area contributed by atoms with Crippen molar-refractivity contribution in [2.24, 2.45) is 5.14 Å². The Kier molecular flexibility index (Phi) is 11.1. The van der Waals surface area contributed by atoms with Crippen molar-refractivity contribution in [3.63, 3.8) is 0 Å². The number of rotatable bonds is 13. The lowest BCUT2D eigenvalue weighted by molar-refractivity contribution is -0.139. The van der Waals surface area contributed by atoms with Crippen molar-refractivity contribution in [2.75, 3.05) is 5.32 Å². The molecule has 4 rings (SSSR count). The van der Waals surface area contributed by atoms with Gasteiger partial charge in [0.1, 0.15) is 17.3 Å². The number of carbonyl (C=O) groups is 2. The molecule has 4 aromatic rings. The summed E-state index contributed by atoms with van der Waals surface area (Å²) in [5.41, 5.74) is 3.16. The number of carboxylic acid groups (broad SMARTS) is 1. The molecule has 2 atom stereocenters. The van der Waals surface area contributed by atoms with E-state index in [4.69, 9.17) is 10.2 Å². The largest absolute Gasteiger partial charge is 0.481 e. The van der Waals surface area contributed by atoms with E-state index in [1.54, 1.807) is 10.6 Å². The highest BCUT2D eigenvalue weighted by Gasteiger charge is 2.30. The average Bonchev–Trinajstić information content (AvgIpc) is 3.32. The fourth-order valence-electron chi connectivity index (χ4n) is 5.29. The molecule has 0 unspecified atom stereocenters. The molecule has 6 N–H and O–H groups in total. The number of nitrogens with two attached hydrogens (primary N) is 1. The second kappa shape index (κ2) is 14.8. The van der Waals surface area contributed by atoms with Crippen LogP contribution in [0.15, 0.2) is 78.9 Å². The summed E-state index contributed by atoms with van der Waals surface area (Å²) in [5, 5.41) is 37.7. The summed E-state index contributed by atoms with van der Waals surface area (Å²) in [7, 11) is -3.77. The first kappa shape index (κ1) is 35.2. The highest BCUT2D eigenvalue weighted by Crippen LogP contribution is 2.43. The summed E-state index contributed by atoms with van der Waals surface area (Å²) in [4.78, 5) is 25.2. The Hall–Kier alpha value is -4.69. The van der Waals surface area contributed by atoms with Crippen LogP contribution in [-0.4, -0.2) is 52.4 Å². The lowest BCUT2D eigenvalue weighted by Gasteiger charge is -2.17. The number of sulfonamides is 1. The predicted molar refractivity (Wildman–Crippen MR) is 175 cm³/mol. The highest BCUT2D eigenvalue weighted by atomic mass is 32.2. The van der Waals surface area contributed by atoms with Crippen LogP contribution in [0.1, 0.15) is 54.5 Å². The van der Waals surface area contributed by atoms with Crippen LogP contribution in [0.3, 0.4) is 0 Å². The third kappa shape index (κ3) is 9.20. The smallest absolute Gasteiger partial charge is 0.305 e. The van der Waals surface area contributed by atoms with Gasteiger partial charge in [0.15, 0.2) is 0 Å². The van der Waals surface area contributed by atoms with Crippen LogP contribution in [-0.2, 0) is 20.6 Å². The minimum absolute atomic E-state index is 0.152. The number of anilines is 1. The molecule has 47 heavy (non-hydrogen) atoms. The number of carbonyl (C=O) groups excluding carboxylic acids is 1. The summed E-state index contributed by atoms with van der Waals surface area (Å²) in [6.45, 7) is 3.65. The summed E-state index contributed by atoms with van der Waals surface area (Å²) in [6, 6.07) is 16.8. The number of aliphatic hydroxyl groups excluding tert-OH is 2. The summed E-state index contributed by atoms with van der Waals surface area (Å²) in [5.74, 6) is -3.18. The van der Waals surface area contributed by atoms with Gasteiger partial charge in [0, 0.05) is 35.0 Å². The van der Waals surface area contributed by atoms with E-state index < -0.39 is 52.2 Å². The number of hydrogen-bond donors (Lipinski definition) is 5. The van der Waals surface area contributed by atoms with Gasteiger partial charge in [0.25, 0.3) is 5.91 Å². The highest BCUT2D eigenvalue weighted by molar-refractivity contribution is 7.88. The molecule has 1 aromatic heterocycles. The molecule has 0 aliphatic rings. The number of nitrogens with one attached hydrogen (secondary N) is 1. The number of primary sulfonamides is 1. The minimum atomic E-state index is -3.77. The maximum absolute atomic E-state index is 14.2. The fourth-order valence-corrected chi connectivity index (χ4v) is 5.95. The van der Waals surface area contributed by atoms with Crippen LogP contribution in [0.25, 0.3) is 28.3 Å². The molecule has 1 amide bonds. The monoisotopic (exact) mass is 667 g/mol. The lowest BCUT2D eigenvalue weighted by atomic mass is 9.94. The second-order valence-corrected chi connectivity index (χ2v) is 12.9. The number of halogens is 2. The van der Waals surface area contributed by atoms with E-state index in [2.05, 4.69) is 5.32 Å². The molecular weight excluding hydrogens is 632 g/mol. The van der Waals surface area contributed by atoms with Crippen LogP contribution in [0.5, 0.6) is 0 Å². The van der Waals surface area contributed by atoms with Gasteiger partial charge in [-0.15, -0.1) is 0 Å². The Morgan fingerprint density at radius 1 is 0.894 bits per heavy atom. The fraction of sp³-hybridized carbons (Fsp3) is 0.235. The van der Waals surface area contributed by atoms with Crippen molar-refractivity contribution in [1.29, 1.82) is 0 Å². The van der Waals surface area contributed by atoms with E-state index in [1.807, 2.05) is 13.8 Å². The second-order valence-electron chi connectivity index (χ2n) is 11.3. The van der Waals surface area contributed by atoms with Crippen LogP contribution < -0.4 is 10.5 Å². The molecule has 0 bridgehead atoms. The van der Waals surface area contributed by atoms with E-state index in [0.717, 1.165) is 0 Å². The van der Waals surface area contributed by atoms with Gasteiger partial charge in [0.05, 0.1) is 24.4 Å². The normalized spacial score (nSPS) is 13.2. The lowest BCUT2D eigenvalue weighted by Crippen LogP contribution is -2.20. The summed E-state index contributed by atoms with van der Waals surface area (Å²) >= 11 is 0. The van der Waals surface area contributed by atoms with Gasteiger partial charge < -0.3 is 25.2 Å². The van der Waals surface area contributed by atoms with Gasteiger partial charge in [-0.25, -0.2) is 22.3 Å². The van der Waals surface area contributed by atoms with Gasteiger partial charge in [-0.1, -0.05) is 42.5 Å². The third-order valence-corrected chi connectivity index (χ3v) is 7.96. The van der Waals surface area contributed by atoms with E-state index >= 15 is 0 Å². The van der Waals surface area contributed by atoms with E-state index in [1.165, 1.54) is 78.9 Å². The van der Waals surface area contributed by atoms with Crippen LogP contribution >= 0.6 is 0 Å². The molecular formula is C34H35F2N3O7S. The first-order valence-corrected chi connectivity index (χ1v) is 16.3. The zero-order valence-electron chi connectivity index (χ0n) is 25.6. The molecule has 1 heterocycles. The maximum atomic E-state index is 14.2. The van der Waals surface area contributed by atoms with Crippen molar-refractivity contribution in [3.05, 3.63) is 107 Å². The van der Waals surface area contributed by atoms with Gasteiger partial charge in [-0.2, -0.15) is 0 Å². The van der Waals surface area contributed by atoms with Crippen LogP contribution in [0.2, 0.25) is 0 Å². The number of aromatic nitrogens is 1. The molecule has 0 saturated carbocycles. The standard InChI is InChI=1S/C34H35F2N3O7S/c1-20(2)39-29(16-15-27(40)17-28(41)18-30(42)43)31(22-5-9-24(35)10-6-22)32(23-7-11-25(36)12-8-23)33(39)34(44)38-26-13-3-21(4-14-26)19-47(37,45)46/h3-16,20,27-28,40-41H,17-19H2,1-2H3,(H,38,44)(H,42,43)(H2,37,45,46)/b16-15+/t27-,28-/m1/s1. The number of benzene rings is 3. The number of nitrogens with zero attached hydrogens (tertiary/aromatic N) is 1. The predicted octanol–water partition coefficient (Wildman–Crippen LogP) is 5.32. The van der Waals surface area contributed by atoms with Crippen molar-refractivity contribution < 1.29 is 42.1 Å². The van der Waals surface area contributed by atoms with Crippen LogP contribution in [0.4, 0.5) is 14.5 Å². The molecule has 248 valence electrons. The molecule has 0 fully saturated rings. The van der Waals surface area contributed by atoms with Crippen molar-refractivity contribution in [2.45, 2.75) is 50.7 Å². The average molecular weight is 668 g/mol. The first-order chi connectivity index (χ1) is 22.1. The molecule has 13 heteroatoms. The molecule has 0 radical (unpaired) electrons. The molecule has 0 aliphatic heterocycles. The molecule has 0 aliphatic carbocycles. The molecule has 0 saturated heterocycles. The summed E-state index contributed by atoms with van der Waals surface area (Å²) in [6.07, 6.45) is -0.487. The SMILES string of the molecule is CC(C)n1c(/C=C/[C@@H](O)C[C@@H](O)CC(=O)O)c(-c2ccc(F)cc2)c(-c2ccc(F)cc2)c1C(=O)Nc1ccc(CS(N)(=O)=O)cc1. The quantitative estimate of drug-likeness (QED) is 0.128. The zero-order valence-corrected chi connectivity index (χ0v) is 26.4. The van der Waals surface area contributed by atoms with Crippen molar-refractivity contribution in [3.8, 4) is 22.3 Å². The van der Waals surface area contributed by atoms with Crippen LogP contribution in [0, 0.1) is 11.6 Å². The minimum Gasteiger partial charge on any atom is -0.481 e. The Morgan fingerprint density at radius 2 is 1.43 bits per heavy atom. The Morgan fingerprint density at radius 3 is 1.91 bits per heavy atom. The number of aliphatic carboxylic acids is 1. The molecule has 10 nitrogen and oxygen atoms in total. The molecule has 0 spiro atoms. The van der Waals surface area contributed by atoms with E-state index in [9.17, 15) is 37.0 Å². The number of amides is 1. The van der Waals surface area contributed by atoms with Crippen molar-refractivity contribution in [1.82, 2.24) is 4.57 Å². The third-order valence-electron chi connectivity index (χ3n) is 7.22. The van der Waals surface area contributed by atoms with Gasteiger partial charge >= 0.3 is 5.97 Å². The van der Waals surface area contributed by atoms with Gasteiger partial charge in [-0.3, -0.25) is 9.59 Å². The zero-order chi connectivity index (χ0) is 34.5. The Bertz CT molecular complexity index is 1870. The van der Waals surface area contributed by atoms with Gasteiger partial charge in [-0.05, 0) is 73.0 Å². The summed E-state index contributed by atoms with van der Waals surface area (Å²) < 4.78 is 52.9. The number of hydrogen-bond acceptors (Lipinski definition) is 6. The van der Waals surface area contributed by atoms with E-state index in [-0.39, 0.29) is 23.9 Å². The topological polar surface area (TPSA) is 172 Å². The van der Waals surface area contributed by atoms with Crippen molar-refractivity contribution >= 4 is 33.7 Å². The Labute approximate surface area is 270 Å². The Balaban J connectivity index is 1.93. The first-order valence-electron chi connectivity index (χ1n) is 14.6.